The van der Waals surface area contributed by atoms with Gasteiger partial charge in [-0.15, -0.1) is 0 Å². The van der Waals surface area contributed by atoms with Gasteiger partial charge in [0.25, 0.3) is 0 Å². The summed E-state index contributed by atoms with van der Waals surface area (Å²) in [5.41, 5.74) is 1.49. The van der Waals surface area contributed by atoms with Crippen molar-refractivity contribution in [1.82, 2.24) is 5.32 Å². The van der Waals surface area contributed by atoms with Gasteiger partial charge in [0.1, 0.15) is 5.75 Å². The number of benzene rings is 1. The van der Waals surface area contributed by atoms with Crippen molar-refractivity contribution in [3.63, 3.8) is 0 Å². The van der Waals surface area contributed by atoms with Crippen LogP contribution in [0.5, 0.6) is 5.75 Å². The Labute approximate surface area is 101 Å². The van der Waals surface area contributed by atoms with E-state index in [2.05, 4.69) is 11.4 Å². The Morgan fingerprint density at radius 2 is 2.06 bits per heavy atom. The monoisotopic (exact) mass is 237 g/mol. The Morgan fingerprint density at radius 3 is 2.75 bits per heavy atom. The van der Waals surface area contributed by atoms with Gasteiger partial charge in [0, 0.05) is 18.0 Å². The van der Waals surface area contributed by atoms with Crippen LogP contribution in [-0.2, 0) is 0 Å². The molecule has 0 aromatic heterocycles. The summed E-state index contributed by atoms with van der Waals surface area (Å²) in [5, 5.41) is 4.04. The van der Waals surface area contributed by atoms with Gasteiger partial charge in [-0.3, -0.25) is 0 Å². The summed E-state index contributed by atoms with van der Waals surface area (Å²) in [6.45, 7) is 2.83. The van der Waals surface area contributed by atoms with Crippen molar-refractivity contribution in [3.8, 4) is 5.75 Å². The minimum Gasteiger partial charge on any atom is -0.493 e. The molecule has 1 N–H and O–H groups in total. The average Bonchev–Trinajstić information content (AvgIpc) is 2.33. The molecule has 2 nitrogen and oxygen atoms in total. The molecule has 3 heteroatoms. The van der Waals surface area contributed by atoms with E-state index in [1.807, 2.05) is 24.3 Å². The van der Waals surface area contributed by atoms with Gasteiger partial charge in [0.05, 0.1) is 6.61 Å². The Hall–Kier alpha value is -0.990. The van der Waals surface area contributed by atoms with Crippen LogP contribution >= 0.6 is 11.6 Å². The fraction of sp³-hybridized carbons (Fsp3) is 0.385. The molecule has 0 radical (unpaired) electrons. The van der Waals surface area contributed by atoms with Crippen molar-refractivity contribution in [2.75, 3.05) is 19.7 Å². The summed E-state index contributed by atoms with van der Waals surface area (Å²) in [5.74, 6) is 0.888. The lowest BCUT2D eigenvalue weighted by Gasteiger charge is -2.14. The Bertz CT molecular complexity index is 359. The van der Waals surface area contributed by atoms with Crippen molar-refractivity contribution >= 4 is 11.6 Å². The van der Waals surface area contributed by atoms with Crippen molar-refractivity contribution in [1.29, 1.82) is 0 Å². The molecule has 0 unspecified atom stereocenters. The highest BCUT2D eigenvalue weighted by atomic mass is 35.5. The van der Waals surface area contributed by atoms with Crippen LogP contribution in [0.15, 0.2) is 35.9 Å². The van der Waals surface area contributed by atoms with Crippen LogP contribution in [0.2, 0.25) is 5.02 Å². The van der Waals surface area contributed by atoms with E-state index in [-0.39, 0.29) is 0 Å². The lowest BCUT2D eigenvalue weighted by atomic mass is 10.1. The van der Waals surface area contributed by atoms with Crippen molar-refractivity contribution in [2.45, 2.75) is 12.8 Å². The fourth-order valence-electron chi connectivity index (χ4n) is 1.73. The van der Waals surface area contributed by atoms with E-state index in [9.17, 15) is 0 Å². The Balaban J connectivity index is 1.75. The van der Waals surface area contributed by atoms with E-state index in [4.69, 9.17) is 16.3 Å². The van der Waals surface area contributed by atoms with Crippen molar-refractivity contribution in [3.05, 3.63) is 40.9 Å². The van der Waals surface area contributed by atoms with Gasteiger partial charge in [-0.25, -0.2) is 0 Å². The third-order valence-electron chi connectivity index (χ3n) is 2.66. The first kappa shape index (κ1) is 11.5. The van der Waals surface area contributed by atoms with Crippen LogP contribution < -0.4 is 10.1 Å². The molecule has 0 aliphatic carbocycles. The lowest BCUT2D eigenvalue weighted by molar-refractivity contribution is 0.319. The Kier molecular flexibility index (Phi) is 4.25. The van der Waals surface area contributed by atoms with E-state index in [0.717, 1.165) is 43.3 Å². The third kappa shape index (κ3) is 3.54. The van der Waals surface area contributed by atoms with Gasteiger partial charge in [0.2, 0.25) is 0 Å². The van der Waals surface area contributed by atoms with Crippen LogP contribution in [0.25, 0.3) is 0 Å². The number of rotatable bonds is 4. The maximum atomic E-state index is 5.80. The zero-order chi connectivity index (χ0) is 11.2. The summed E-state index contributed by atoms with van der Waals surface area (Å²) in [6.07, 6.45) is 4.42. The minimum absolute atomic E-state index is 0.744. The summed E-state index contributed by atoms with van der Waals surface area (Å²) >= 11 is 5.80. The Morgan fingerprint density at radius 1 is 1.25 bits per heavy atom. The van der Waals surface area contributed by atoms with Gasteiger partial charge in [-0.05, 0) is 37.2 Å². The van der Waals surface area contributed by atoms with E-state index in [1.54, 1.807) is 0 Å². The topological polar surface area (TPSA) is 21.3 Å². The third-order valence-corrected chi connectivity index (χ3v) is 2.92. The standard InChI is InChI=1S/C13H16ClNO/c14-12-1-3-13(4-2-12)16-10-7-11-5-8-15-9-6-11/h1-5,15H,6-10H2. The number of halogens is 1. The highest BCUT2D eigenvalue weighted by Crippen LogP contribution is 2.16. The van der Waals surface area contributed by atoms with Crippen LogP contribution in [0.3, 0.4) is 0 Å². The molecule has 1 aliphatic rings. The van der Waals surface area contributed by atoms with Gasteiger partial charge in [0.15, 0.2) is 0 Å². The first-order valence-electron chi connectivity index (χ1n) is 5.61. The fourth-order valence-corrected chi connectivity index (χ4v) is 1.85. The first-order valence-corrected chi connectivity index (χ1v) is 5.99. The molecule has 0 saturated heterocycles. The second-order valence-corrected chi connectivity index (χ2v) is 4.31. The molecule has 1 aliphatic heterocycles. The van der Waals surface area contributed by atoms with Crippen LogP contribution in [0.1, 0.15) is 12.8 Å². The number of nitrogens with one attached hydrogen (secondary N) is 1. The van der Waals surface area contributed by atoms with Gasteiger partial charge < -0.3 is 10.1 Å². The molecule has 0 bridgehead atoms. The molecule has 0 saturated carbocycles. The maximum Gasteiger partial charge on any atom is 0.119 e. The largest absolute Gasteiger partial charge is 0.493 e. The molecule has 0 atom stereocenters. The molecular formula is C13H16ClNO. The number of hydrogen-bond acceptors (Lipinski definition) is 2. The number of hydrogen-bond donors (Lipinski definition) is 1. The van der Waals surface area contributed by atoms with E-state index in [1.165, 1.54) is 5.57 Å². The van der Waals surface area contributed by atoms with Crippen LogP contribution in [0.4, 0.5) is 0 Å². The quantitative estimate of drug-likeness (QED) is 0.813. The molecular weight excluding hydrogens is 222 g/mol. The second kappa shape index (κ2) is 5.92. The summed E-state index contributed by atoms with van der Waals surface area (Å²) < 4.78 is 5.64. The van der Waals surface area contributed by atoms with Gasteiger partial charge in [-0.2, -0.15) is 0 Å². The van der Waals surface area contributed by atoms with Crippen molar-refractivity contribution in [2.24, 2.45) is 0 Å². The highest BCUT2D eigenvalue weighted by Gasteiger charge is 2.02. The summed E-state index contributed by atoms with van der Waals surface area (Å²) in [7, 11) is 0. The van der Waals surface area contributed by atoms with Crippen LogP contribution in [-0.4, -0.2) is 19.7 Å². The smallest absolute Gasteiger partial charge is 0.119 e. The maximum absolute atomic E-state index is 5.80. The van der Waals surface area contributed by atoms with E-state index in [0.29, 0.717) is 0 Å². The van der Waals surface area contributed by atoms with Gasteiger partial charge in [-0.1, -0.05) is 23.3 Å². The molecule has 1 aromatic rings. The molecule has 16 heavy (non-hydrogen) atoms. The second-order valence-electron chi connectivity index (χ2n) is 3.87. The molecule has 0 fully saturated rings. The number of ether oxygens (including phenoxy) is 1. The predicted octanol–water partition coefficient (Wildman–Crippen LogP) is 3.03. The molecule has 0 amide bonds. The summed E-state index contributed by atoms with van der Waals surface area (Å²) in [4.78, 5) is 0. The molecule has 2 rings (SSSR count). The molecule has 1 heterocycles. The molecule has 0 spiro atoms. The highest BCUT2D eigenvalue weighted by molar-refractivity contribution is 6.30. The zero-order valence-corrected chi connectivity index (χ0v) is 9.96. The first-order chi connectivity index (χ1) is 7.84. The predicted molar refractivity (Wildman–Crippen MR) is 67.1 cm³/mol. The average molecular weight is 238 g/mol. The lowest BCUT2D eigenvalue weighted by Crippen LogP contribution is -2.21. The van der Waals surface area contributed by atoms with E-state index < -0.39 is 0 Å². The zero-order valence-electron chi connectivity index (χ0n) is 9.21. The van der Waals surface area contributed by atoms with Crippen molar-refractivity contribution < 1.29 is 4.74 Å². The van der Waals surface area contributed by atoms with E-state index >= 15 is 0 Å². The van der Waals surface area contributed by atoms with Crippen LogP contribution in [0, 0.1) is 0 Å². The van der Waals surface area contributed by atoms with Gasteiger partial charge >= 0.3 is 0 Å². The summed E-state index contributed by atoms with van der Waals surface area (Å²) in [6, 6.07) is 7.50. The molecule has 86 valence electrons. The minimum atomic E-state index is 0.744. The SMILES string of the molecule is Clc1ccc(OCCC2=CCNCC2)cc1. The normalized spacial score (nSPS) is 15.7. The molecule has 1 aromatic carbocycles.